The number of hydrogen-bond donors (Lipinski definition) is 0. The monoisotopic (exact) mass is 342 g/mol. The molecule has 0 spiro atoms. The van der Waals surface area contributed by atoms with Crippen LogP contribution < -0.4 is 0 Å². The molecule has 4 heteroatoms. The maximum Gasteiger partial charge on any atom is 0.0771 e. The fourth-order valence-electron chi connectivity index (χ4n) is 2.03. The summed E-state index contributed by atoms with van der Waals surface area (Å²) in [5.74, 6) is 0. The summed E-state index contributed by atoms with van der Waals surface area (Å²) in [6.45, 7) is 2.98. The summed E-state index contributed by atoms with van der Waals surface area (Å²) in [5.41, 5.74) is 0.188. The summed E-state index contributed by atoms with van der Waals surface area (Å²) < 4.78 is 17.5. The summed E-state index contributed by atoms with van der Waals surface area (Å²) in [5, 5.41) is 0. The van der Waals surface area contributed by atoms with Gasteiger partial charge in [-0.25, -0.2) is 0 Å². The molecule has 16 heavy (non-hydrogen) atoms. The van der Waals surface area contributed by atoms with Gasteiger partial charge in [-0.2, -0.15) is 0 Å². The third-order valence-corrected chi connectivity index (χ3v) is 4.42. The van der Waals surface area contributed by atoms with Gasteiger partial charge < -0.3 is 14.2 Å². The van der Waals surface area contributed by atoms with Crippen LogP contribution in [-0.4, -0.2) is 43.6 Å². The van der Waals surface area contributed by atoms with E-state index < -0.39 is 0 Å². The van der Waals surface area contributed by atoms with Crippen LogP contribution in [0.25, 0.3) is 0 Å². The Hall–Kier alpha value is 0.610. The maximum atomic E-state index is 6.03. The van der Waals surface area contributed by atoms with Crippen LogP contribution in [0.1, 0.15) is 32.1 Å². The molecule has 0 bridgehead atoms. The lowest BCUT2D eigenvalue weighted by atomic mass is 10.1. The van der Waals surface area contributed by atoms with Crippen LogP contribution in [0.5, 0.6) is 0 Å². The van der Waals surface area contributed by atoms with Gasteiger partial charge in [0.2, 0.25) is 0 Å². The van der Waals surface area contributed by atoms with Crippen molar-refractivity contribution in [2.24, 2.45) is 0 Å². The predicted molar refractivity (Wildman–Crippen MR) is 73.4 cm³/mol. The van der Waals surface area contributed by atoms with Gasteiger partial charge in [0.15, 0.2) is 0 Å². The predicted octanol–water partition coefficient (Wildman–Crippen LogP) is 2.80. The van der Waals surface area contributed by atoms with Gasteiger partial charge >= 0.3 is 0 Å². The van der Waals surface area contributed by atoms with Gasteiger partial charge in [0.25, 0.3) is 0 Å². The first-order valence-electron chi connectivity index (χ1n) is 6.09. The minimum atomic E-state index is 0.188. The smallest absolute Gasteiger partial charge is 0.0771 e. The number of methoxy groups -OCH3 is 1. The fourth-order valence-corrected chi connectivity index (χ4v) is 3.01. The molecule has 0 radical (unpaired) electrons. The molecule has 0 aromatic carbocycles. The van der Waals surface area contributed by atoms with E-state index in [1.54, 1.807) is 7.11 Å². The highest BCUT2D eigenvalue weighted by molar-refractivity contribution is 14.1. The van der Waals surface area contributed by atoms with E-state index in [4.69, 9.17) is 14.2 Å². The fraction of sp³-hybridized carbons (Fsp3) is 1.00. The van der Waals surface area contributed by atoms with E-state index in [1.807, 2.05) is 0 Å². The highest BCUT2D eigenvalue weighted by atomic mass is 127. The van der Waals surface area contributed by atoms with Crippen molar-refractivity contribution in [3.8, 4) is 0 Å². The van der Waals surface area contributed by atoms with Crippen LogP contribution in [0.15, 0.2) is 0 Å². The molecule has 0 amide bonds. The normalized spacial score (nSPS) is 19.1. The van der Waals surface area contributed by atoms with Gasteiger partial charge in [0.1, 0.15) is 0 Å². The number of alkyl halides is 1. The number of hydrogen-bond acceptors (Lipinski definition) is 3. The maximum absolute atomic E-state index is 6.03. The Bertz CT molecular complexity index is 170. The largest absolute Gasteiger partial charge is 0.382 e. The molecule has 1 rings (SSSR count). The SMILES string of the molecule is COCCOCCCOC1(CI)CCCC1. The van der Waals surface area contributed by atoms with Crippen molar-refractivity contribution in [3.05, 3.63) is 0 Å². The molecular weight excluding hydrogens is 319 g/mol. The van der Waals surface area contributed by atoms with E-state index in [-0.39, 0.29) is 5.60 Å². The van der Waals surface area contributed by atoms with Gasteiger partial charge in [-0.05, 0) is 19.3 Å². The van der Waals surface area contributed by atoms with Crippen LogP contribution >= 0.6 is 22.6 Å². The van der Waals surface area contributed by atoms with Gasteiger partial charge in [-0.3, -0.25) is 0 Å². The Labute approximate surface area is 112 Å². The second-order valence-electron chi connectivity index (χ2n) is 4.33. The lowest BCUT2D eigenvalue weighted by Gasteiger charge is -2.27. The van der Waals surface area contributed by atoms with Crippen molar-refractivity contribution in [2.45, 2.75) is 37.7 Å². The zero-order chi connectivity index (χ0) is 11.7. The van der Waals surface area contributed by atoms with Crippen molar-refractivity contribution in [3.63, 3.8) is 0 Å². The first-order valence-corrected chi connectivity index (χ1v) is 7.62. The van der Waals surface area contributed by atoms with E-state index in [2.05, 4.69) is 22.6 Å². The summed E-state index contributed by atoms with van der Waals surface area (Å²) >= 11 is 2.45. The second kappa shape index (κ2) is 8.66. The number of rotatable bonds is 9. The molecule has 0 unspecified atom stereocenters. The van der Waals surface area contributed by atoms with Crippen molar-refractivity contribution in [2.75, 3.05) is 38.0 Å². The van der Waals surface area contributed by atoms with Crippen molar-refractivity contribution >= 4 is 22.6 Å². The molecule has 3 nitrogen and oxygen atoms in total. The Balaban J connectivity index is 1.97. The van der Waals surface area contributed by atoms with Crippen LogP contribution in [0.3, 0.4) is 0 Å². The standard InChI is InChI=1S/C12H23IO3/c1-14-9-10-15-7-4-8-16-12(11-13)5-2-3-6-12/h2-11H2,1H3. The molecule has 1 saturated carbocycles. The number of halogens is 1. The zero-order valence-electron chi connectivity index (χ0n) is 10.2. The third kappa shape index (κ3) is 5.29. The molecule has 0 saturated heterocycles. The minimum Gasteiger partial charge on any atom is -0.382 e. The zero-order valence-corrected chi connectivity index (χ0v) is 12.3. The average molecular weight is 342 g/mol. The molecule has 1 aliphatic carbocycles. The third-order valence-electron chi connectivity index (χ3n) is 3.03. The van der Waals surface area contributed by atoms with Crippen molar-refractivity contribution in [1.29, 1.82) is 0 Å². The Morgan fingerprint density at radius 1 is 1.06 bits per heavy atom. The molecule has 0 heterocycles. The molecule has 0 aliphatic heterocycles. The topological polar surface area (TPSA) is 27.7 Å². The first-order chi connectivity index (χ1) is 7.83. The highest BCUT2D eigenvalue weighted by Crippen LogP contribution is 2.34. The Morgan fingerprint density at radius 3 is 2.44 bits per heavy atom. The summed E-state index contributed by atoms with van der Waals surface area (Å²) in [6, 6.07) is 0. The quantitative estimate of drug-likeness (QED) is 0.366. The summed E-state index contributed by atoms with van der Waals surface area (Å²) in [7, 11) is 1.69. The molecule has 0 aromatic heterocycles. The van der Waals surface area contributed by atoms with E-state index in [1.165, 1.54) is 25.7 Å². The van der Waals surface area contributed by atoms with Crippen LogP contribution in [-0.2, 0) is 14.2 Å². The van der Waals surface area contributed by atoms with Crippen LogP contribution in [0.2, 0.25) is 0 Å². The molecular formula is C12H23IO3. The highest BCUT2D eigenvalue weighted by Gasteiger charge is 2.33. The van der Waals surface area contributed by atoms with E-state index >= 15 is 0 Å². The Morgan fingerprint density at radius 2 is 1.81 bits per heavy atom. The summed E-state index contributed by atoms with van der Waals surface area (Å²) in [4.78, 5) is 0. The van der Waals surface area contributed by atoms with Crippen LogP contribution in [0, 0.1) is 0 Å². The van der Waals surface area contributed by atoms with Gasteiger partial charge in [-0.1, -0.05) is 35.4 Å². The van der Waals surface area contributed by atoms with E-state index in [0.29, 0.717) is 13.2 Å². The van der Waals surface area contributed by atoms with Gasteiger partial charge in [0.05, 0.1) is 18.8 Å². The molecule has 0 N–H and O–H groups in total. The molecule has 1 aliphatic rings. The summed E-state index contributed by atoms with van der Waals surface area (Å²) in [6.07, 6.45) is 6.11. The lowest BCUT2D eigenvalue weighted by molar-refractivity contribution is -0.0311. The minimum absolute atomic E-state index is 0.188. The second-order valence-corrected chi connectivity index (χ2v) is 5.09. The van der Waals surface area contributed by atoms with Crippen LogP contribution in [0.4, 0.5) is 0 Å². The van der Waals surface area contributed by atoms with E-state index in [0.717, 1.165) is 24.1 Å². The van der Waals surface area contributed by atoms with Crippen molar-refractivity contribution < 1.29 is 14.2 Å². The lowest BCUT2D eigenvalue weighted by Crippen LogP contribution is -2.31. The van der Waals surface area contributed by atoms with Crippen molar-refractivity contribution in [1.82, 2.24) is 0 Å². The molecule has 0 aromatic rings. The molecule has 96 valence electrons. The van der Waals surface area contributed by atoms with E-state index in [9.17, 15) is 0 Å². The average Bonchev–Trinajstić information content (AvgIpc) is 2.77. The van der Waals surface area contributed by atoms with Gasteiger partial charge in [0, 0.05) is 24.8 Å². The van der Waals surface area contributed by atoms with Gasteiger partial charge in [-0.15, -0.1) is 0 Å². The Kier molecular flexibility index (Phi) is 7.94. The molecule has 0 atom stereocenters. The number of ether oxygens (including phenoxy) is 3. The first kappa shape index (κ1) is 14.7. The molecule has 1 fully saturated rings.